The van der Waals surface area contributed by atoms with Gasteiger partial charge in [0, 0.05) is 7.11 Å². The van der Waals surface area contributed by atoms with E-state index in [0.29, 0.717) is 23.2 Å². The number of hydrogen-bond donors (Lipinski definition) is 0. The zero-order chi connectivity index (χ0) is 13.8. The van der Waals surface area contributed by atoms with Crippen molar-refractivity contribution in [2.24, 2.45) is 0 Å². The van der Waals surface area contributed by atoms with E-state index in [2.05, 4.69) is 20.3 Å². The van der Waals surface area contributed by atoms with E-state index in [1.165, 1.54) is 23.4 Å². The van der Waals surface area contributed by atoms with Crippen LogP contribution in [-0.4, -0.2) is 57.3 Å². The maximum atomic E-state index is 11.8. The van der Waals surface area contributed by atoms with Crippen LogP contribution in [0.4, 0.5) is 0 Å². The number of ether oxygens (including phenoxy) is 2. The number of hydrogen-bond acceptors (Lipinski definition) is 8. The number of aryl methyl sites for hydroxylation is 1. The van der Waals surface area contributed by atoms with Gasteiger partial charge in [-0.2, -0.15) is 9.50 Å². The van der Waals surface area contributed by atoms with E-state index in [4.69, 9.17) is 9.47 Å². The van der Waals surface area contributed by atoms with Gasteiger partial charge < -0.3 is 9.47 Å². The molecule has 0 aliphatic heterocycles. The smallest absolute Gasteiger partial charge is 0.360 e. The summed E-state index contributed by atoms with van der Waals surface area (Å²) in [6.45, 7) is 2.22. The molecule has 8 nitrogen and oxygen atoms in total. The van der Waals surface area contributed by atoms with E-state index in [0.717, 1.165) is 0 Å². The van der Waals surface area contributed by atoms with Crippen molar-refractivity contribution in [2.45, 2.75) is 12.1 Å². The Labute approximate surface area is 113 Å². The molecule has 0 N–H and O–H groups in total. The number of thioether (sulfide) groups is 1. The molecule has 2 heterocycles. The lowest BCUT2D eigenvalue weighted by Gasteiger charge is -2.05. The summed E-state index contributed by atoms with van der Waals surface area (Å²) in [5.74, 6) is -0.194. The molecule has 0 saturated carbocycles. The number of methoxy groups -OCH3 is 1. The monoisotopic (exact) mass is 283 g/mol. The first-order valence-electron chi connectivity index (χ1n) is 5.47. The van der Waals surface area contributed by atoms with Gasteiger partial charge in [0.1, 0.15) is 6.61 Å². The highest BCUT2D eigenvalue weighted by Crippen LogP contribution is 2.12. The van der Waals surface area contributed by atoms with E-state index in [1.54, 1.807) is 6.92 Å². The Balaban J connectivity index is 2.28. The Bertz CT molecular complexity index is 600. The lowest BCUT2D eigenvalue weighted by Crippen LogP contribution is -2.16. The van der Waals surface area contributed by atoms with Crippen LogP contribution in [-0.2, 0) is 9.47 Å². The average molecular weight is 283 g/mol. The summed E-state index contributed by atoms with van der Waals surface area (Å²) in [6, 6.07) is 0. The summed E-state index contributed by atoms with van der Waals surface area (Å²) >= 11 is 1.39. The second-order valence-electron chi connectivity index (χ2n) is 3.57. The molecule has 0 unspecified atom stereocenters. The summed E-state index contributed by atoms with van der Waals surface area (Å²) in [5.41, 5.74) is 0.668. The van der Waals surface area contributed by atoms with Crippen LogP contribution in [0, 0.1) is 6.92 Å². The van der Waals surface area contributed by atoms with Crippen molar-refractivity contribution < 1.29 is 14.3 Å². The third kappa shape index (κ3) is 2.82. The Morgan fingerprint density at radius 1 is 1.37 bits per heavy atom. The number of carbonyl (C=O) groups excluding carboxylic acids is 1. The summed E-state index contributed by atoms with van der Waals surface area (Å²) in [6.07, 6.45) is 1.86. The molecule has 2 aromatic heterocycles. The molecule has 19 heavy (non-hydrogen) atoms. The van der Waals surface area contributed by atoms with Crippen LogP contribution < -0.4 is 0 Å². The van der Waals surface area contributed by atoms with E-state index in [9.17, 15) is 4.79 Å². The van der Waals surface area contributed by atoms with Crippen molar-refractivity contribution in [3.8, 4) is 0 Å². The standard InChI is InChI=1S/C10H13N5O3S/c1-6-7(8(16)18-5-4-17-2)12-13-9-11-10(19-3)14-15(6)9/h4-5H2,1-3H3. The van der Waals surface area contributed by atoms with Crippen LogP contribution in [0.1, 0.15) is 16.2 Å². The molecule has 2 aromatic rings. The number of esters is 1. The van der Waals surface area contributed by atoms with Crippen molar-refractivity contribution in [3.63, 3.8) is 0 Å². The van der Waals surface area contributed by atoms with Gasteiger partial charge in [0.2, 0.25) is 5.16 Å². The number of aromatic nitrogens is 5. The van der Waals surface area contributed by atoms with Gasteiger partial charge in [-0.3, -0.25) is 0 Å². The van der Waals surface area contributed by atoms with Crippen molar-refractivity contribution >= 4 is 23.5 Å². The molecule has 0 atom stereocenters. The van der Waals surface area contributed by atoms with Crippen molar-refractivity contribution in [1.82, 2.24) is 24.8 Å². The third-order valence-electron chi connectivity index (χ3n) is 2.37. The van der Waals surface area contributed by atoms with Gasteiger partial charge in [-0.15, -0.1) is 15.3 Å². The molecule has 0 amide bonds. The molecular weight excluding hydrogens is 270 g/mol. The molecule has 0 aliphatic rings. The second-order valence-corrected chi connectivity index (χ2v) is 4.35. The minimum Gasteiger partial charge on any atom is -0.458 e. The normalized spacial score (nSPS) is 10.9. The lowest BCUT2D eigenvalue weighted by molar-refractivity contribution is 0.0378. The number of rotatable bonds is 5. The quantitative estimate of drug-likeness (QED) is 0.441. The first kappa shape index (κ1) is 13.7. The highest BCUT2D eigenvalue weighted by Gasteiger charge is 2.18. The van der Waals surface area contributed by atoms with E-state index < -0.39 is 5.97 Å². The average Bonchev–Trinajstić information content (AvgIpc) is 2.83. The summed E-state index contributed by atoms with van der Waals surface area (Å²) in [5, 5.41) is 12.5. The van der Waals surface area contributed by atoms with Crippen LogP contribution in [0.25, 0.3) is 5.78 Å². The molecule has 0 aliphatic carbocycles. The largest absolute Gasteiger partial charge is 0.458 e. The summed E-state index contributed by atoms with van der Waals surface area (Å²) in [4.78, 5) is 16.0. The van der Waals surface area contributed by atoms with Crippen LogP contribution >= 0.6 is 11.8 Å². The molecule has 0 aromatic carbocycles. The van der Waals surface area contributed by atoms with Gasteiger partial charge in [-0.1, -0.05) is 11.8 Å². The summed E-state index contributed by atoms with van der Waals surface area (Å²) < 4.78 is 11.3. The molecule has 0 radical (unpaired) electrons. The molecule has 0 saturated heterocycles. The predicted molar refractivity (Wildman–Crippen MR) is 67.3 cm³/mol. The Hall–Kier alpha value is -1.74. The zero-order valence-corrected chi connectivity index (χ0v) is 11.6. The van der Waals surface area contributed by atoms with E-state index >= 15 is 0 Å². The Kier molecular flexibility index (Phi) is 4.27. The topological polar surface area (TPSA) is 91.5 Å². The van der Waals surface area contributed by atoms with Crippen molar-refractivity contribution in [1.29, 1.82) is 0 Å². The SMILES string of the molecule is COCCOC(=O)c1nnc2nc(SC)nn2c1C. The highest BCUT2D eigenvalue weighted by molar-refractivity contribution is 7.98. The molecule has 2 rings (SSSR count). The third-order valence-corrected chi connectivity index (χ3v) is 2.91. The van der Waals surface area contributed by atoms with Crippen LogP contribution in [0.15, 0.2) is 5.16 Å². The van der Waals surface area contributed by atoms with Gasteiger partial charge in [0.25, 0.3) is 5.78 Å². The fraction of sp³-hybridized carbons (Fsp3) is 0.500. The van der Waals surface area contributed by atoms with Gasteiger partial charge in [-0.25, -0.2) is 4.79 Å². The number of nitrogens with zero attached hydrogens (tertiary/aromatic N) is 5. The van der Waals surface area contributed by atoms with Crippen molar-refractivity contribution in [2.75, 3.05) is 26.6 Å². The fourth-order valence-electron chi connectivity index (χ4n) is 1.40. The van der Waals surface area contributed by atoms with Gasteiger partial charge in [-0.05, 0) is 13.2 Å². The molecular formula is C10H13N5O3S. The minimum absolute atomic E-state index is 0.126. The van der Waals surface area contributed by atoms with E-state index in [1.807, 2.05) is 6.26 Å². The van der Waals surface area contributed by atoms with Crippen LogP contribution in [0.5, 0.6) is 0 Å². The first-order valence-corrected chi connectivity index (χ1v) is 6.70. The predicted octanol–water partition coefficient (Wildman–Crippen LogP) is 0.353. The maximum absolute atomic E-state index is 11.8. The second kappa shape index (κ2) is 5.93. The molecule has 9 heteroatoms. The minimum atomic E-state index is -0.551. The Morgan fingerprint density at radius 2 is 2.16 bits per heavy atom. The van der Waals surface area contributed by atoms with Gasteiger partial charge >= 0.3 is 5.97 Å². The van der Waals surface area contributed by atoms with Crippen LogP contribution in [0.3, 0.4) is 0 Å². The van der Waals surface area contributed by atoms with Crippen molar-refractivity contribution in [3.05, 3.63) is 11.4 Å². The number of fused-ring (bicyclic) bond motifs is 1. The molecule has 0 fully saturated rings. The van der Waals surface area contributed by atoms with Gasteiger partial charge in [0.05, 0.1) is 12.3 Å². The first-order chi connectivity index (χ1) is 9.17. The van der Waals surface area contributed by atoms with Gasteiger partial charge in [0.15, 0.2) is 5.69 Å². The molecule has 0 spiro atoms. The van der Waals surface area contributed by atoms with Crippen LogP contribution in [0.2, 0.25) is 0 Å². The number of carbonyl (C=O) groups is 1. The Morgan fingerprint density at radius 3 is 2.84 bits per heavy atom. The lowest BCUT2D eigenvalue weighted by atomic mass is 10.3. The zero-order valence-electron chi connectivity index (χ0n) is 10.8. The summed E-state index contributed by atoms with van der Waals surface area (Å²) in [7, 11) is 1.53. The fourth-order valence-corrected chi connectivity index (χ4v) is 1.74. The van der Waals surface area contributed by atoms with E-state index in [-0.39, 0.29) is 12.3 Å². The highest BCUT2D eigenvalue weighted by atomic mass is 32.2. The molecule has 102 valence electrons. The maximum Gasteiger partial charge on any atom is 0.360 e. The molecule has 0 bridgehead atoms.